The van der Waals surface area contributed by atoms with Gasteiger partial charge in [0.25, 0.3) is 0 Å². The third kappa shape index (κ3) is 3.20. The van der Waals surface area contributed by atoms with E-state index in [0.717, 1.165) is 4.47 Å². The van der Waals surface area contributed by atoms with Crippen LogP contribution < -0.4 is 4.74 Å². The van der Waals surface area contributed by atoms with Gasteiger partial charge in [0.15, 0.2) is 0 Å². The first-order chi connectivity index (χ1) is 8.78. The van der Waals surface area contributed by atoms with Crippen molar-refractivity contribution < 1.29 is 14.3 Å². The number of halogens is 1. The Kier molecular flexibility index (Phi) is 3.75. The van der Waals surface area contributed by atoms with Crippen LogP contribution in [0.15, 0.2) is 10.7 Å². The van der Waals surface area contributed by atoms with Gasteiger partial charge in [0.05, 0.1) is 23.3 Å². The maximum Gasteiger partial charge on any atom is 0.410 e. The van der Waals surface area contributed by atoms with Crippen molar-refractivity contribution in [2.45, 2.75) is 39.0 Å². The van der Waals surface area contributed by atoms with Crippen LogP contribution in [-0.2, 0) is 11.3 Å². The fourth-order valence-electron chi connectivity index (χ4n) is 1.77. The summed E-state index contributed by atoms with van der Waals surface area (Å²) in [4.78, 5) is 13.5. The third-order valence-electron chi connectivity index (χ3n) is 2.77. The number of carbonyl (C=O) groups excluding carboxylic acids is 1. The Morgan fingerprint density at radius 3 is 2.95 bits per heavy atom. The van der Waals surface area contributed by atoms with Gasteiger partial charge in [-0.2, -0.15) is 5.10 Å². The summed E-state index contributed by atoms with van der Waals surface area (Å²) in [6.07, 6.45) is 1.33. The van der Waals surface area contributed by atoms with Gasteiger partial charge in [-0.25, -0.2) is 9.48 Å². The molecule has 1 aliphatic heterocycles. The monoisotopic (exact) mass is 331 g/mol. The first kappa shape index (κ1) is 14.2. The Hall–Kier alpha value is -1.24. The lowest BCUT2D eigenvalue weighted by atomic mass is 10.2. The molecule has 6 nitrogen and oxygen atoms in total. The minimum Gasteiger partial charge on any atom is -0.475 e. The standard InChI is InChI=1S/C12H18BrN3O3/c1-12(2,3)19-11(17)15(4)8-6-16-10(18-7-8)9(13)5-14-16/h5,8H,6-7H2,1-4H3/t8-/m0/s1. The number of hydrogen-bond acceptors (Lipinski definition) is 4. The lowest BCUT2D eigenvalue weighted by Crippen LogP contribution is -2.47. The third-order valence-corrected chi connectivity index (χ3v) is 3.32. The zero-order chi connectivity index (χ0) is 14.2. The van der Waals surface area contributed by atoms with Crippen molar-refractivity contribution in [3.05, 3.63) is 10.7 Å². The van der Waals surface area contributed by atoms with Crippen LogP contribution in [0.3, 0.4) is 0 Å². The lowest BCUT2D eigenvalue weighted by Gasteiger charge is -2.33. The molecule has 0 fully saturated rings. The van der Waals surface area contributed by atoms with Crippen molar-refractivity contribution in [1.29, 1.82) is 0 Å². The number of likely N-dealkylation sites (N-methyl/N-ethyl adjacent to an activating group) is 1. The summed E-state index contributed by atoms with van der Waals surface area (Å²) in [6.45, 7) is 6.56. The molecule has 0 bridgehead atoms. The maximum absolute atomic E-state index is 12.0. The van der Waals surface area contributed by atoms with Crippen molar-refractivity contribution in [2.24, 2.45) is 0 Å². The molecule has 2 heterocycles. The summed E-state index contributed by atoms with van der Waals surface area (Å²) >= 11 is 3.36. The molecular weight excluding hydrogens is 314 g/mol. The van der Waals surface area contributed by atoms with Crippen LogP contribution in [0.2, 0.25) is 0 Å². The Morgan fingerprint density at radius 1 is 1.63 bits per heavy atom. The molecule has 0 N–H and O–H groups in total. The molecule has 0 saturated carbocycles. The molecule has 1 aliphatic rings. The number of nitrogens with zero attached hydrogens (tertiary/aromatic N) is 3. The van der Waals surface area contributed by atoms with Crippen molar-refractivity contribution in [1.82, 2.24) is 14.7 Å². The second-order valence-corrected chi connectivity index (χ2v) is 6.39. The van der Waals surface area contributed by atoms with Crippen LogP contribution in [0.25, 0.3) is 0 Å². The first-order valence-corrected chi connectivity index (χ1v) is 6.87. The lowest BCUT2D eigenvalue weighted by molar-refractivity contribution is 0.0104. The largest absolute Gasteiger partial charge is 0.475 e. The van der Waals surface area contributed by atoms with E-state index >= 15 is 0 Å². The van der Waals surface area contributed by atoms with Crippen molar-refractivity contribution in [2.75, 3.05) is 13.7 Å². The molecule has 1 aromatic rings. The predicted molar refractivity (Wildman–Crippen MR) is 73.2 cm³/mol. The van der Waals surface area contributed by atoms with Crippen LogP contribution in [0.4, 0.5) is 4.79 Å². The average molecular weight is 332 g/mol. The van der Waals surface area contributed by atoms with Gasteiger partial charge in [-0.05, 0) is 36.7 Å². The van der Waals surface area contributed by atoms with Gasteiger partial charge in [-0.15, -0.1) is 0 Å². The van der Waals surface area contributed by atoms with E-state index in [9.17, 15) is 4.79 Å². The highest BCUT2D eigenvalue weighted by atomic mass is 79.9. The van der Waals surface area contributed by atoms with Gasteiger partial charge in [0, 0.05) is 7.05 Å². The minimum atomic E-state index is -0.499. The fraction of sp³-hybridized carbons (Fsp3) is 0.667. The average Bonchev–Trinajstić information content (AvgIpc) is 2.67. The number of amides is 1. The molecular formula is C12H18BrN3O3. The number of hydrogen-bond donors (Lipinski definition) is 0. The fourth-order valence-corrected chi connectivity index (χ4v) is 2.18. The topological polar surface area (TPSA) is 56.6 Å². The molecule has 0 unspecified atom stereocenters. The van der Waals surface area contributed by atoms with Gasteiger partial charge in [0.2, 0.25) is 5.88 Å². The molecule has 19 heavy (non-hydrogen) atoms. The quantitative estimate of drug-likeness (QED) is 0.792. The van der Waals surface area contributed by atoms with Crippen molar-refractivity contribution in [3.8, 4) is 5.88 Å². The zero-order valence-electron chi connectivity index (χ0n) is 11.5. The first-order valence-electron chi connectivity index (χ1n) is 6.08. The minimum absolute atomic E-state index is 0.0888. The van der Waals surface area contributed by atoms with Crippen molar-refractivity contribution in [3.63, 3.8) is 0 Å². The highest BCUT2D eigenvalue weighted by molar-refractivity contribution is 9.10. The van der Waals surface area contributed by atoms with Crippen LogP contribution in [-0.4, -0.2) is 46.1 Å². The summed E-state index contributed by atoms with van der Waals surface area (Å²) in [5.74, 6) is 0.703. The Morgan fingerprint density at radius 2 is 2.32 bits per heavy atom. The number of ether oxygens (including phenoxy) is 2. The summed E-state index contributed by atoms with van der Waals surface area (Å²) in [5.41, 5.74) is -0.499. The molecule has 7 heteroatoms. The van der Waals surface area contributed by atoms with Gasteiger partial charge < -0.3 is 14.4 Å². The maximum atomic E-state index is 12.0. The SMILES string of the molecule is CN(C(=O)OC(C)(C)C)[C@@H]1COc2c(Br)cnn2C1. The highest BCUT2D eigenvalue weighted by Crippen LogP contribution is 2.28. The van der Waals surface area contributed by atoms with E-state index in [0.29, 0.717) is 19.0 Å². The van der Waals surface area contributed by atoms with Crippen LogP contribution in [0.1, 0.15) is 20.8 Å². The summed E-state index contributed by atoms with van der Waals surface area (Å²) in [7, 11) is 1.71. The van der Waals surface area contributed by atoms with E-state index in [1.807, 2.05) is 20.8 Å². The Labute approximate surface area is 120 Å². The summed E-state index contributed by atoms with van der Waals surface area (Å²) in [5, 5.41) is 4.19. The molecule has 1 aromatic heterocycles. The second-order valence-electron chi connectivity index (χ2n) is 5.54. The van der Waals surface area contributed by atoms with Gasteiger partial charge in [-0.3, -0.25) is 0 Å². The molecule has 106 valence electrons. The zero-order valence-corrected chi connectivity index (χ0v) is 13.1. The molecule has 2 rings (SSSR count). The van der Waals surface area contributed by atoms with E-state index < -0.39 is 5.60 Å². The molecule has 1 amide bonds. The molecule has 0 aromatic carbocycles. The van der Waals surface area contributed by atoms with Crippen LogP contribution >= 0.6 is 15.9 Å². The predicted octanol–water partition coefficient (Wildman–Crippen LogP) is 2.27. The van der Waals surface area contributed by atoms with Crippen LogP contribution in [0, 0.1) is 0 Å². The van der Waals surface area contributed by atoms with Crippen LogP contribution in [0.5, 0.6) is 5.88 Å². The second kappa shape index (κ2) is 5.03. The van der Waals surface area contributed by atoms with Crippen molar-refractivity contribution >= 4 is 22.0 Å². The summed E-state index contributed by atoms with van der Waals surface area (Å²) < 4.78 is 13.5. The number of rotatable bonds is 1. The number of carbonyl (C=O) groups is 1. The number of fused-ring (bicyclic) bond motifs is 1. The van der Waals surface area contributed by atoms with E-state index in [-0.39, 0.29) is 12.1 Å². The van der Waals surface area contributed by atoms with E-state index in [1.165, 1.54) is 0 Å². The Bertz CT molecular complexity index is 481. The van der Waals surface area contributed by atoms with E-state index in [2.05, 4.69) is 21.0 Å². The van der Waals surface area contributed by atoms with E-state index in [1.54, 1.807) is 22.8 Å². The van der Waals surface area contributed by atoms with E-state index in [4.69, 9.17) is 9.47 Å². The van der Waals surface area contributed by atoms with Gasteiger partial charge in [-0.1, -0.05) is 0 Å². The highest BCUT2D eigenvalue weighted by Gasteiger charge is 2.30. The molecule has 0 aliphatic carbocycles. The van der Waals surface area contributed by atoms with Gasteiger partial charge in [0.1, 0.15) is 12.2 Å². The molecule has 0 saturated heterocycles. The molecule has 1 atom stereocenters. The normalized spacial score (nSPS) is 18.5. The number of aromatic nitrogens is 2. The molecule has 0 spiro atoms. The Balaban J connectivity index is 2.02. The summed E-state index contributed by atoms with van der Waals surface area (Å²) in [6, 6.07) is -0.0888. The molecule has 0 radical (unpaired) electrons. The smallest absolute Gasteiger partial charge is 0.410 e. The van der Waals surface area contributed by atoms with Gasteiger partial charge >= 0.3 is 6.09 Å².